The molecule has 0 bridgehead atoms. The molecular weight excluding hydrogens is 352 g/mol. The molecule has 0 radical (unpaired) electrons. The van der Waals surface area contributed by atoms with Crippen LogP contribution in [0.25, 0.3) is 11.4 Å². The molecule has 28 heavy (non-hydrogen) atoms. The lowest BCUT2D eigenvalue weighted by Crippen LogP contribution is -2.41. The van der Waals surface area contributed by atoms with Crippen LogP contribution in [-0.4, -0.2) is 33.1 Å². The zero-order valence-corrected chi connectivity index (χ0v) is 16.1. The van der Waals surface area contributed by atoms with Gasteiger partial charge in [-0.15, -0.1) is 0 Å². The summed E-state index contributed by atoms with van der Waals surface area (Å²) in [5.74, 6) is 1.60. The molecule has 6 heteroatoms. The largest absolute Gasteiger partial charge is 0.360 e. The number of aromatic amines is 1. The summed E-state index contributed by atoms with van der Waals surface area (Å²) in [6.45, 7) is 4.70. The van der Waals surface area contributed by atoms with Crippen molar-refractivity contribution >= 4 is 0 Å². The van der Waals surface area contributed by atoms with Crippen molar-refractivity contribution in [1.82, 2.24) is 20.0 Å². The van der Waals surface area contributed by atoms with Gasteiger partial charge in [-0.3, -0.25) is 9.69 Å². The van der Waals surface area contributed by atoms with Crippen LogP contribution in [0.4, 0.5) is 0 Å². The average Bonchev–Trinajstić information content (AvgIpc) is 3.29. The Morgan fingerprint density at radius 3 is 2.68 bits per heavy atom. The number of hydrogen-bond donors (Lipinski definition) is 1. The molecule has 2 aromatic heterocycles. The molecule has 6 nitrogen and oxygen atoms in total. The van der Waals surface area contributed by atoms with E-state index in [2.05, 4.69) is 15.0 Å². The first-order valence-corrected chi connectivity index (χ1v) is 9.97. The monoisotopic (exact) mass is 376 g/mol. The van der Waals surface area contributed by atoms with Crippen molar-refractivity contribution in [1.29, 1.82) is 0 Å². The number of likely N-dealkylation sites (tertiary alicyclic amines) is 1. The molecule has 1 aromatic carbocycles. The molecule has 3 heterocycles. The van der Waals surface area contributed by atoms with Crippen LogP contribution in [0.2, 0.25) is 0 Å². The second-order valence-electron chi connectivity index (χ2n) is 8.10. The summed E-state index contributed by atoms with van der Waals surface area (Å²) in [7, 11) is 0. The molecule has 1 aliphatic carbocycles. The number of hydrogen-bond acceptors (Lipinski definition) is 5. The first-order valence-electron chi connectivity index (χ1n) is 9.97. The van der Waals surface area contributed by atoms with Crippen molar-refractivity contribution in [3.8, 4) is 11.4 Å². The van der Waals surface area contributed by atoms with Gasteiger partial charge < -0.3 is 9.51 Å². The number of H-pyrrole nitrogens is 1. The standard InChI is InChI=1S/C22H24N4O2/c1-15-13-17(28-25-15)14-26-11-9-22(10-12-26)8-7-18-19(22)23-20(24-21(18)27)16-5-3-2-4-6-16/h2-6,13H,7-12,14H2,1H3,(H,23,24,27). The van der Waals surface area contributed by atoms with E-state index in [1.807, 2.05) is 43.3 Å². The SMILES string of the molecule is Cc1cc(CN2CCC3(CCc4c3nc(-c3ccccc3)[nH]c4=O)CC2)on1. The second kappa shape index (κ2) is 6.71. The average molecular weight is 376 g/mol. The quantitative estimate of drug-likeness (QED) is 0.760. The predicted molar refractivity (Wildman–Crippen MR) is 106 cm³/mol. The lowest BCUT2D eigenvalue weighted by molar-refractivity contribution is 0.138. The zero-order chi connectivity index (χ0) is 19.1. The Labute approximate surface area is 163 Å². The Morgan fingerprint density at radius 2 is 1.96 bits per heavy atom. The lowest BCUT2D eigenvalue weighted by Gasteiger charge is -2.39. The van der Waals surface area contributed by atoms with Gasteiger partial charge in [0.05, 0.1) is 17.9 Å². The van der Waals surface area contributed by atoms with Gasteiger partial charge in [0.2, 0.25) is 0 Å². The number of nitrogens with zero attached hydrogens (tertiary/aromatic N) is 3. The Morgan fingerprint density at radius 1 is 1.18 bits per heavy atom. The molecule has 0 atom stereocenters. The van der Waals surface area contributed by atoms with Crippen LogP contribution in [-0.2, 0) is 18.4 Å². The first kappa shape index (κ1) is 17.4. The first-order chi connectivity index (χ1) is 13.6. The molecule has 3 aromatic rings. The van der Waals surface area contributed by atoms with E-state index in [-0.39, 0.29) is 11.0 Å². The molecule has 2 aliphatic rings. The van der Waals surface area contributed by atoms with Crippen LogP contribution in [0.3, 0.4) is 0 Å². The van der Waals surface area contributed by atoms with Crippen LogP contribution in [0.15, 0.2) is 45.7 Å². The molecule has 144 valence electrons. The Kier molecular flexibility index (Phi) is 4.16. The summed E-state index contributed by atoms with van der Waals surface area (Å²) in [4.78, 5) is 23.1. The number of fused-ring (bicyclic) bond motifs is 2. The fourth-order valence-corrected chi connectivity index (χ4v) is 4.72. The Bertz CT molecular complexity index is 1050. The summed E-state index contributed by atoms with van der Waals surface area (Å²) in [5, 5.41) is 3.98. The minimum absolute atomic E-state index is 0.0280. The van der Waals surface area contributed by atoms with Crippen LogP contribution in [0, 0.1) is 6.92 Å². The number of benzene rings is 1. The molecule has 1 fully saturated rings. The van der Waals surface area contributed by atoms with Crippen molar-refractivity contribution in [2.75, 3.05) is 13.1 Å². The normalized spacial score (nSPS) is 18.5. The second-order valence-corrected chi connectivity index (χ2v) is 8.10. The van der Waals surface area contributed by atoms with Gasteiger partial charge in [-0.2, -0.15) is 0 Å². The predicted octanol–water partition coefficient (Wildman–Crippen LogP) is 3.21. The summed E-state index contributed by atoms with van der Waals surface area (Å²) in [6.07, 6.45) is 3.90. The van der Waals surface area contributed by atoms with Crippen molar-refractivity contribution < 1.29 is 4.52 Å². The minimum atomic E-state index is 0.0280. The van der Waals surface area contributed by atoms with Gasteiger partial charge in [0.25, 0.3) is 5.56 Å². The van der Waals surface area contributed by atoms with E-state index >= 15 is 0 Å². The number of piperidine rings is 1. The van der Waals surface area contributed by atoms with E-state index in [1.54, 1.807) is 0 Å². The molecule has 5 rings (SSSR count). The maximum atomic E-state index is 12.7. The van der Waals surface area contributed by atoms with Crippen LogP contribution >= 0.6 is 0 Å². The highest BCUT2D eigenvalue weighted by molar-refractivity contribution is 5.55. The maximum Gasteiger partial charge on any atom is 0.254 e. The van der Waals surface area contributed by atoms with Crippen molar-refractivity contribution in [3.63, 3.8) is 0 Å². The third kappa shape index (κ3) is 2.98. The van der Waals surface area contributed by atoms with E-state index in [1.165, 1.54) is 0 Å². The molecule has 0 unspecified atom stereocenters. The fourth-order valence-electron chi connectivity index (χ4n) is 4.72. The maximum absolute atomic E-state index is 12.7. The summed E-state index contributed by atoms with van der Waals surface area (Å²) >= 11 is 0. The van der Waals surface area contributed by atoms with E-state index in [0.29, 0.717) is 5.82 Å². The molecule has 1 spiro atoms. The minimum Gasteiger partial charge on any atom is -0.360 e. The molecule has 1 aliphatic heterocycles. The molecular formula is C22H24N4O2. The van der Waals surface area contributed by atoms with Gasteiger partial charge in [0.1, 0.15) is 5.82 Å². The van der Waals surface area contributed by atoms with Gasteiger partial charge in [0, 0.05) is 22.6 Å². The van der Waals surface area contributed by atoms with Crippen molar-refractivity contribution in [2.45, 2.75) is 44.6 Å². The van der Waals surface area contributed by atoms with Crippen molar-refractivity contribution in [3.05, 3.63) is 69.5 Å². The third-order valence-corrected chi connectivity index (χ3v) is 6.29. The Hall–Kier alpha value is -2.73. The van der Waals surface area contributed by atoms with Gasteiger partial charge in [-0.1, -0.05) is 35.5 Å². The summed E-state index contributed by atoms with van der Waals surface area (Å²) in [5.41, 5.74) is 3.86. The van der Waals surface area contributed by atoms with Gasteiger partial charge >= 0.3 is 0 Å². The molecule has 1 N–H and O–H groups in total. The van der Waals surface area contributed by atoms with E-state index in [0.717, 1.165) is 73.6 Å². The molecule has 0 saturated carbocycles. The molecule has 0 amide bonds. The van der Waals surface area contributed by atoms with Crippen molar-refractivity contribution in [2.24, 2.45) is 0 Å². The highest BCUT2D eigenvalue weighted by atomic mass is 16.5. The number of aromatic nitrogens is 3. The zero-order valence-electron chi connectivity index (χ0n) is 16.1. The number of nitrogens with one attached hydrogen (secondary N) is 1. The van der Waals surface area contributed by atoms with E-state index in [9.17, 15) is 4.79 Å². The number of rotatable bonds is 3. The van der Waals surface area contributed by atoms with E-state index < -0.39 is 0 Å². The van der Waals surface area contributed by atoms with Gasteiger partial charge in [-0.25, -0.2) is 4.98 Å². The van der Waals surface area contributed by atoms with Crippen LogP contribution < -0.4 is 5.56 Å². The van der Waals surface area contributed by atoms with Crippen LogP contribution in [0.5, 0.6) is 0 Å². The smallest absolute Gasteiger partial charge is 0.254 e. The highest BCUT2D eigenvalue weighted by Gasteiger charge is 2.44. The topological polar surface area (TPSA) is 75.0 Å². The van der Waals surface area contributed by atoms with Crippen LogP contribution in [0.1, 0.15) is 42.0 Å². The highest BCUT2D eigenvalue weighted by Crippen LogP contribution is 2.44. The lowest BCUT2D eigenvalue weighted by atomic mass is 9.76. The van der Waals surface area contributed by atoms with E-state index in [4.69, 9.17) is 9.51 Å². The third-order valence-electron chi connectivity index (χ3n) is 6.29. The summed E-state index contributed by atoms with van der Waals surface area (Å²) in [6, 6.07) is 11.9. The van der Waals surface area contributed by atoms with Gasteiger partial charge in [-0.05, 0) is 45.7 Å². The summed E-state index contributed by atoms with van der Waals surface area (Å²) < 4.78 is 5.37. The fraction of sp³-hybridized carbons (Fsp3) is 0.409. The molecule has 1 saturated heterocycles. The number of aryl methyl sites for hydroxylation is 1. The Balaban J connectivity index is 1.40. The van der Waals surface area contributed by atoms with Gasteiger partial charge in [0.15, 0.2) is 5.76 Å².